The molecule has 2 amide bonds. The Kier molecular flexibility index (Phi) is 4.43. The summed E-state index contributed by atoms with van der Waals surface area (Å²) >= 11 is 6.04. The Morgan fingerprint density at radius 1 is 1.30 bits per heavy atom. The van der Waals surface area contributed by atoms with Gasteiger partial charge in [0.25, 0.3) is 0 Å². The van der Waals surface area contributed by atoms with Gasteiger partial charge in [-0.2, -0.15) is 0 Å². The van der Waals surface area contributed by atoms with Crippen LogP contribution in [0.2, 0.25) is 5.02 Å². The smallest absolute Gasteiger partial charge is 0.317 e. The molecule has 1 aliphatic heterocycles. The van der Waals surface area contributed by atoms with Gasteiger partial charge in [0.1, 0.15) is 5.82 Å². The van der Waals surface area contributed by atoms with Crippen LogP contribution < -0.4 is 5.32 Å². The van der Waals surface area contributed by atoms with Crippen molar-refractivity contribution < 1.29 is 19.1 Å². The topological polar surface area (TPSA) is 69.6 Å². The van der Waals surface area contributed by atoms with E-state index in [0.717, 1.165) is 0 Å². The zero-order valence-corrected chi connectivity index (χ0v) is 13.2. The van der Waals surface area contributed by atoms with Gasteiger partial charge in [0.05, 0.1) is 5.92 Å². The summed E-state index contributed by atoms with van der Waals surface area (Å²) in [5.74, 6) is -1.61. The summed E-state index contributed by atoms with van der Waals surface area (Å²) in [6.07, 6.45) is 1.60. The van der Waals surface area contributed by atoms with Gasteiger partial charge >= 0.3 is 12.0 Å². The monoisotopic (exact) mass is 340 g/mol. The summed E-state index contributed by atoms with van der Waals surface area (Å²) in [5, 5.41) is 12.2. The van der Waals surface area contributed by atoms with Gasteiger partial charge in [-0.1, -0.05) is 17.7 Å². The molecule has 1 saturated heterocycles. The third kappa shape index (κ3) is 3.42. The van der Waals surface area contributed by atoms with E-state index in [0.29, 0.717) is 42.9 Å². The highest BCUT2D eigenvalue weighted by molar-refractivity contribution is 6.31. The number of hydrogen-bond donors (Lipinski definition) is 2. The quantitative estimate of drug-likeness (QED) is 0.889. The lowest BCUT2D eigenvalue weighted by Gasteiger charge is -2.30. The number of amides is 2. The first-order valence-corrected chi connectivity index (χ1v) is 8.07. The van der Waals surface area contributed by atoms with Crippen molar-refractivity contribution in [1.29, 1.82) is 0 Å². The second-order valence-electron chi connectivity index (χ2n) is 6.13. The molecule has 23 heavy (non-hydrogen) atoms. The molecule has 0 spiro atoms. The lowest BCUT2D eigenvalue weighted by molar-refractivity contribution is -0.143. The van der Waals surface area contributed by atoms with E-state index in [1.807, 2.05) is 0 Å². The van der Waals surface area contributed by atoms with Crippen LogP contribution in [0.15, 0.2) is 18.2 Å². The molecule has 2 N–H and O–H groups in total. The number of halogens is 2. The maximum atomic E-state index is 13.9. The predicted molar refractivity (Wildman–Crippen MR) is 83.0 cm³/mol. The Bertz CT molecular complexity index is 612. The van der Waals surface area contributed by atoms with Crippen molar-refractivity contribution in [3.63, 3.8) is 0 Å². The molecule has 1 saturated carbocycles. The van der Waals surface area contributed by atoms with Crippen LogP contribution >= 0.6 is 11.6 Å². The zero-order valence-electron chi connectivity index (χ0n) is 12.5. The van der Waals surface area contributed by atoms with E-state index in [4.69, 9.17) is 16.7 Å². The number of urea groups is 1. The molecule has 2 aliphatic rings. The summed E-state index contributed by atoms with van der Waals surface area (Å²) < 4.78 is 13.9. The minimum atomic E-state index is -0.804. The molecule has 3 rings (SSSR count). The van der Waals surface area contributed by atoms with Gasteiger partial charge in [0.15, 0.2) is 0 Å². The number of carboxylic acid groups (broad SMARTS) is 1. The van der Waals surface area contributed by atoms with Crippen molar-refractivity contribution in [3.05, 3.63) is 34.6 Å². The van der Waals surface area contributed by atoms with Crippen LogP contribution in [0.3, 0.4) is 0 Å². The van der Waals surface area contributed by atoms with Gasteiger partial charge in [-0.15, -0.1) is 0 Å². The number of carboxylic acids is 1. The van der Waals surface area contributed by atoms with Crippen molar-refractivity contribution in [2.75, 3.05) is 13.1 Å². The first kappa shape index (κ1) is 16.1. The normalized spacial score (nSPS) is 24.3. The van der Waals surface area contributed by atoms with Crippen LogP contribution in [0.25, 0.3) is 0 Å². The minimum absolute atomic E-state index is 0.0933. The Balaban J connectivity index is 1.54. The van der Waals surface area contributed by atoms with Crippen LogP contribution in [-0.2, 0) is 4.79 Å². The summed E-state index contributed by atoms with van der Waals surface area (Å²) in [6, 6.07) is 4.25. The number of hydrogen-bond acceptors (Lipinski definition) is 2. The summed E-state index contributed by atoms with van der Waals surface area (Å²) in [5.41, 5.74) is 0.462. The lowest BCUT2D eigenvalue weighted by atomic mass is 9.97. The van der Waals surface area contributed by atoms with Crippen molar-refractivity contribution in [2.24, 2.45) is 5.92 Å². The van der Waals surface area contributed by atoms with Crippen molar-refractivity contribution in [2.45, 2.75) is 31.2 Å². The number of likely N-dealkylation sites (tertiary alicyclic amines) is 1. The molecule has 1 aromatic carbocycles. The van der Waals surface area contributed by atoms with Gasteiger partial charge in [-0.3, -0.25) is 4.79 Å². The molecule has 1 aliphatic carbocycles. The SMILES string of the molecule is O=C(O)C1CCN(C(=O)N[C@@H]2C[C@H]2c2c(F)cccc2Cl)CC1. The fourth-order valence-electron chi connectivity index (χ4n) is 3.12. The van der Waals surface area contributed by atoms with Gasteiger partial charge in [-0.05, 0) is 31.4 Å². The van der Waals surface area contributed by atoms with Crippen LogP contribution in [-0.4, -0.2) is 41.1 Å². The lowest BCUT2D eigenvalue weighted by Crippen LogP contribution is -2.46. The first-order valence-electron chi connectivity index (χ1n) is 7.69. The number of nitrogens with one attached hydrogen (secondary N) is 1. The highest BCUT2D eigenvalue weighted by Crippen LogP contribution is 2.45. The molecule has 0 aromatic heterocycles. The van der Waals surface area contributed by atoms with Crippen LogP contribution in [0.4, 0.5) is 9.18 Å². The molecule has 0 unspecified atom stereocenters. The van der Waals surface area contributed by atoms with Crippen molar-refractivity contribution in [3.8, 4) is 0 Å². The van der Waals surface area contributed by atoms with Crippen molar-refractivity contribution in [1.82, 2.24) is 10.2 Å². The largest absolute Gasteiger partial charge is 0.481 e. The van der Waals surface area contributed by atoms with Gasteiger partial charge < -0.3 is 15.3 Å². The van der Waals surface area contributed by atoms with Gasteiger partial charge in [-0.25, -0.2) is 9.18 Å². The Morgan fingerprint density at radius 3 is 2.61 bits per heavy atom. The van der Waals surface area contributed by atoms with E-state index in [-0.39, 0.29) is 29.7 Å². The standard InChI is InChI=1S/C16H18ClFN2O3/c17-11-2-1-3-12(18)14(11)10-8-13(10)19-16(23)20-6-4-9(5-7-20)15(21)22/h1-3,9-10,13H,4-8H2,(H,19,23)(H,21,22)/t10-,13-/m1/s1. The molecule has 2 fully saturated rings. The molecule has 0 bridgehead atoms. The van der Waals surface area contributed by atoms with Crippen LogP contribution in [0.1, 0.15) is 30.7 Å². The predicted octanol–water partition coefficient (Wildman–Crippen LogP) is 2.84. The highest BCUT2D eigenvalue weighted by atomic mass is 35.5. The molecular weight excluding hydrogens is 323 g/mol. The Hall–Kier alpha value is -1.82. The number of aliphatic carboxylic acids is 1. The second-order valence-corrected chi connectivity index (χ2v) is 6.54. The summed E-state index contributed by atoms with van der Waals surface area (Å²) in [4.78, 5) is 24.8. The minimum Gasteiger partial charge on any atom is -0.481 e. The third-order valence-corrected chi connectivity index (χ3v) is 4.93. The number of carbonyl (C=O) groups is 2. The number of piperidine rings is 1. The van der Waals surface area contributed by atoms with E-state index in [9.17, 15) is 14.0 Å². The number of rotatable bonds is 3. The Morgan fingerprint density at radius 2 is 2.00 bits per heavy atom. The molecular formula is C16H18ClFN2O3. The van der Waals surface area contributed by atoms with E-state index < -0.39 is 5.97 Å². The van der Waals surface area contributed by atoms with Crippen LogP contribution in [0, 0.1) is 11.7 Å². The molecule has 2 atom stereocenters. The fraction of sp³-hybridized carbons (Fsp3) is 0.500. The highest BCUT2D eigenvalue weighted by Gasteiger charge is 2.43. The van der Waals surface area contributed by atoms with E-state index in [2.05, 4.69) is 5.32 Å². The molecule has 1 aromatic rings. The van der Waals surface area contributed by atoms with Crippen molar-refractivity contribution >= 4 is 23.6 Å². The molecule has 7 heteroatoms. The summed E-state index contributed by atoms with van der Waals surface area (Å²) in [7, 11) is 0. The van der Waals surface area contributed by atoms with Crippen LogP contribution in [0.5, 0.6) is 0 Å². The average molecular weight is 341 g/mol. The van der Waals surface area contributed by atoms with E-state index in [1.54, 1.807) is 17.0 Å². The fourth-order valence-corrected chi connectivity index (χ4v) is 3.42. The summed E-state index contributed by atoms with van der Waals surface area (Å²) in [6.45, 7) is 0.862. The Labute approximate surface area is 138 Å². The molecule has 5 nitrogen and oxygen atoms in total. The van der Waals surface area contributed by atoms with E-state index in [1.165, 1.54) is 6.07 Å². The maximum Gasteiger partial charge on any atom is 0.317 e. The molecule has 0 radical (unpaired) electrons. The first-order chi connectivity index (χ1) is 11.0. The number of carbonyl (C=O) groups excluding carboxylic acids is 1. The van der Waals surface area contributed by atoms with Gasteiger partial charge in [0, 0.05) is 35.6 Å². The van der Waals surface area contributed by atoms with Gasteiger partial charge in [0.2, 0.25) is 0 Å². The molecule has 124 valence electrons. The maximum absolute atomic E-state index is 13.9. The molecule has 1 heterocycles. The second kappa shape index (κ2) is 6.35. The van der Waals surface area contributed by atoms with E-state index >= 15 is 0 Å². The number of benzene rings is 1. The average Bonchev–Trinajstić information content (AvgIpc) is 3.26. The zero-order chi connectivity index (χ0) is 16.6. The number of nitrogens with zero attached hydrogens (tertiary/aromatic N) is 1. The third-order valence-electron chi connectivity index (χ3n) is 4.60.